The first kappa shape index (κ1) is 15.6. The number of amides is 1. The summed E-state index contributed by atoms with van der Waals surface area (Å²) < 4.78 is 0. The number of nitrogens with zero attached hydrogens (tertiary/aromatic N) is 1. The SMILES string of the molecule is CCNc1cccc(C(=O)Nc2c(Cl)ccc(C)c2Cl)n1. The Balaban J connectivity index is 2.26. The molecule has 0 saturated heterocycles. The normalized spacial score (nSPS) is 10.3. The van der Waals surface area contributed by atoms with Crippen LogP contribution in [-0.2, 0) is 0 Å². The number of halogens is 2. The predicted molar refractivity (Wildman–Crippen MR) is 87.6 cm³/mol. The molecule has 110 valence electrons. The number of hydrogen-bond acceptors (Lipinski definition) is 3. The molecule has 2 rings (SSSR count). The van der Waals surface area contributed by atoms with Gasteiger partial charge in [0.2, 0.25) is 0 Å². The van der Waals surface area contributed by atoms with Crippen molar-refractivity contribution in [2.24, 2.45) is 0 Å². The minimum atomic E-state index is -0.357. The van der Waals surface area contributed by atoms with Crippen molar-refractivity contribution in [3.8, 4) is 0 Å². The first-order chi connectivity index (χ1) is 10.0. The first-order valence-corrected chi connectivity index (χ1v) is 7.25. The molecule has 0 spiro atoms. The molecule has 4 nitrogen and oxygen atoms in total. The van der Waals surface area contributed by atoms with Crippen LogP contribution < -0.4 is 10.6 Å². The van der Waals surface area contributed by atoms with Gasteiger partial charge < -0.3 is 10.6 Å². The number of carbonyl (C=O) groups is 1. The number of hydrogen-bond donors (Lipinski definition) is 2. The molecule has 1 aromatic heterocycles. The van der Waals surface area contributed by atoms with Gasteiger partial charge in [-0.1, -0.05) is 35.3 Å². The zero-order valence-corrected chi connectivity index (χ0v) is 13.2. The molecule has 1 aromatic carbocycles. The van der Waals surface area contributed by atoms with Gasteiger partial charge in [0, 0.05) is 6.54 Å². The van der Waals surface area contributed by atoms with Gasteiger partial charge in [0.15, 0.2) is 0 Å². The third kappa shape index (κ3) is 3.65. The van der Waals surface area contributed by atoms with Crippen molar-refractivity contribution in [1.82, 2.24) is 4.98 Å². The van der Waals surface area contributed by atoms with E-state index in [1.807, 2.05) is 13.8 Å². The standard InChI is InChI=1S/C15H15Cl2N3O/c1-3-18-12-6-4-5-11(19-12)15(21)20-14-10(16)8-7-9(2)13(14)17/h4-8H,3H2,1-2H3,(H,18,19)(H,20,21). The van der Waals surface area contributed by atoms with Crippen LogP contribution in [0.4, 0.5) is 11.5 Å². The van der Waals surface area contributed by atoms with Crippen LogP contribution in [0.2, 0.25) is 10.0 Å². The summed E-state index contributed by atoms with van der Waals surface area (Å²) in [6.07, 6.45) is 0. The fraction of sp³-hybridized carbons (Fsp3) is 0.200. The van der Waals surface area contributed by atoms with Crippen molar-refractivity contribution in [2.75, 3.05) is 17.2 Å². The summed E-state index contributed by atoms with van der Waals surface area (Å²) in [6, 6.07) is 8.69. The molecule has 0 saturated carbocycles. The number of pyridine rings is 1. The summed E-state index contributed by atoms with van der Waals surface area (Å²) in [6.45, 7) is 4.53. The average molecular weight is 324 g/mol. The summed E-state index contributed by atoms with van der Waals surface area (Å²) in [5.41, 5.74) is 1.53. The molecule has 0 unspecified atom stereocenters. The van der Waals surface area contributed by atoms with E-state index in [2.05, 4.69) is 15.6 Å². The van der Waals surface area contributed by atoms with Gasteiger partial charge in [-0.3, -0.25) is 4.79 Å². The second-order valence-electron chi connectivity index (χ2n) is 4.45. The molecule has 0 radical (unpaired) electrons. The molecule has 0 aliphatic rings. The number of rotatable bonds is 4. The number of aromatic nitrogens is 1. The molecule has 21 heavy (non-hydrogen) atoms. The van der Waals surface area contributed by atoms with Crippen LogP contribution in [0.15, 0.2) is 30.3 Å². The second-order valence-corrected chi connectivity index (χ2v) is 5.23. The maximum atomic E-state index is 12.3. The van der Waals surface area contributed by atoms with Gasteiger partial charge >= 0.3 is 0 Å². The van der Waals surface area contributed by atoms with Crippen molar-refractivity contribution >= 4 is 40.6 Å². The Kier molecular flexibility index (Phi) is 5.04. The topological polar surface area (TPSA) is 54.0 Å². The summed E-state index contributed by atoms with van der Waals surface area (Å²) >= 11 is 12.3. The van der Waals surface area contributed by atoms with Crippen molar-refractivity contribution in [3.63, 3.8) is 0 Å². The average Bonchev–Trinajstić information content (AvgIpc) is 2.48. The smallest absolute Gasteiger partial charge is 0.274 e. The summed E-state index contributed by atoms with van der Waals surface area (Å²) in [5, 5.41) is 6.59. The zero-order valence-electron chi connectivity index (χ0n) is 11.7. The third-order valence-electron chi connectivity index (χ3n) is 2.86. The summed E-state index contributed by atoms with van der Waals surface area (Å²) in [4.78, 5) is 16.5. The molecule has 1 amide bonds. The highest BCUT2D eigenvalue weighted by Gasteiger charge is 2.14. The van der Waals surface area contributed by atoms with Crippen LogP contribution in [0.1, 0.15) is 23.0 Å². The fourth-order valence-electron chi connectivity index (χ4n) is 1.79. The van der Waals surface area contributed by atoms with Gasteiger partial charge in [-0.2, -0.15) is 0 Å². The Hall–Kier alpha value is -1.78. The van der Waals surface area contributed by atoms with E-state index in [9.17, 15) is 4.79 Å². The molecule has 2 N–H and O–H groups in total. The van der Waals surface area contributed by atoms with Gasteiger partial charge in [0.25, 0.3) is 5.91 Å². The lowest BCUT2D eigenvalue weighted by atomic mass is 10.2. The lowest BCUT2D eigenvalue weighted by Crippen LogP contribution is -2.15. The van der Waals surface area contributed by atoms with Gasteiger partial charge in [0.1, 0.15) is 11.5 Å². The number of anilines is 2. The zero-order chi connectivity index (χ0) is 15.4. The minimum absolute atomic E-state index is 0.294. The van der Waals surface area contributed by atoms with Crippen molar-refractivity contribution < 1.29 is 4.79 Å². The Bertz CT molecular complexity index is 674. The van der Waals surface area contributed by atoms with Crippen LogP contribution in [0.3, 0.4) is 0 Å². The first-order valence-electron chi connectivity index (χ1n) is 6.49. The molecule has 0 fully saturated rings. The second kappa shape index (κ2) is 6.78. The van der Waals surface area contributed by atoms with E-state index in [4.69, 9.17) is 23.2 Å². The Morgan fingerprint density at radius 3 is 2.71 bits per heavy atom. The molecule has 1 heterocycles. The van der Waals surface area contributed by atoms with E-state index < -0.39 is 0 Å². The molecule has 6 heteroatoms. The van der Waals surface area contributed by atoms with E-state index in [1.54, 1.807) is 30.3 Å². The minimum Gasteiger partial charge on any atom is -0.370 e. The largest absolute Gasteiger partial charge is 0.370 e. The van der Waals surface area contributed by atoms with Gasteiger partial charge in [0.05, 0.1) is 15.7 Å². The van der Waals surface area contributed by atoms with Crippen molar-refractivity contribution in [2.45, 2.75) is 13.8 Å². The highest BCUT2D eigenvalue weighted by Crippen LogP contribution is 2.33. The monoisotopic (exact) mass is 323 g/mol. The predicted octanol–water partition coefficient (Wildman–Crippen LogP) is 4.38. The van der Waals surface area contributed by atoms with E-state index in [1.165, 1.54) is 0 Å². The Morgan fingerprint density at radius 1 is 1.24 bits per heavy atom. The molecule has 2 aromatic rings. The Labute approximate surface area is 133 Å². The van der Waals surface area contributed by atoms with Crippen LogP contribution in [0.5, 0.6) is 0 Å². The van der Waals surface area contributed by atoms with Crippen LogP contribution in [0.25, 0.3) is 0 Å². The third-order valence-corrected chi connectivity index (χ3v) is 3.66. The molecule has 0 aliphatic heterocycles. The Morgan fingerprint density at radius 2 is 2.00 bits per heavy atom. The number of carbonyl (C=O) groups excluding carboxylic acids is 1. The molecular weight excluding hydrogens is 309 g/mol. The van der Waals surface area contributed by atoms with Gasteiger partial charge in [-0.05, 0) is 37.6 Å². The lowest BCUT2D eigenvalue weighted by Gasteiger charge is -2.11. The quantitative estimate of drug-likeness (QED) is 0.877. The fourth-order valence-corrected chi connectivity index (χ4v) is 2.25. The number of aryl methyl sites for hydroxylation is 1. The van der Waals surface area contributed by atoms with Crippen LogP contribution >= 0.6 is 23.2 Å². The van der Waals surface area contributed by atoms with E-state index in [0.717, 1.165) is 12.1 Å². The summed E-state index contributed by atoms with van der Waals surface area (Å²) in [5.74, 6) is 0.288. The van der Waals surface area contributed by atoms with Gasteiger partial charge in [-0.15, -0.1) is 0 Å². The molecule has 0 bridgehead atoms. The molecule has 0 atom stereocenters. The van der Waals surface area contributed by atoms with Crippen molar-refractivity contribution in [3.05, 3.63) is 51.6 Å². The van der Waals surface area contributed by atoms with Crippen molar-refractivity contribution in [1.29, 1.82) is 0 Å². The van der Waals surface area contributed by atoms with Crippen LogP contribution in [-0.4, -0.2) is 17.4 Å². The maximum absolute atomic E-state index is 12.3. The maximum Gasteiger partial charge on any atom is 0.274 e. The van der Waals surface area contributed by atoms with E-state index in [-0.39, 0.29) is 5.91 Å². The molecule has 0 aliphatic carbocycles. The van der Waals surface area contributed by atoms with E-state index >= 15 is 0 Å². The van der Waals surface area contributed by atoms with Crippen LogP contribution in [0, 0.1) is 6.92 Å². The number of benzene rings is 1. The number of nitrogens with one attached hydrogen (secondary N) is 2. The lowest BCUT2D eigenvalue weighted by molar-refractivity contribution is 0.102. The highest BCUT2D eigenvalue weighted by atomic mass is 35.5. The highest BCUT2D eigenvalue weighted by molar-refractivity contribution is 6.40. The van der Waals surface area contributed by atoms with E-state index in [0.29, 0.717) is 27.2 Å². The summed E-state index contributed by atoms with van der Waals surface area (Å²) in [7, 11) is 0. The molecular formula is C15H15Cl2N3O. The van der Waals surface area contributed by atoms with Gasteiger partial charge in [-0.25, -0.2) is 4.98 Å².